The predicted molar refractivity (Wildman–Crippen MR) is 92.7 cm³/mol. The van der Waals surface area contributed by atoms with Crippen LogP contribution < -0.4 is 4.74 Å². The molecule has 7 heteroatoms. The molecule has 1 saturated heterocycles. The molecule has 2 aromatic rings. The zero-order valence-corrected chi connectivity index (χ0v) is 15.1. The van der Waals surface area contributed by atoms with Crippen LogP contribution in [0.25, 0.3) is 0 Å². The summed E-state index contributed by atoms with van der Waals surface area (Å²) in [6.07, 6.45) is 0.266. The van der Waals surface area contributed by atoms with E-state index in [2.05, 4.69) is 10.1 Å². The van der Waals surface area contributed by atoms with E-state index < -0.39 is 6.10 Å². The summed E-state index contributed by atoms with van der Waals surface area (Å²) in [6, 6.07) is 5.43. The Morgan fingerprint density at radius 2 is 2.12 bits per heavy atom. The van der Waals surface area contributed by atoms with E-state index in [0.29, 0.717) is 35.3 Å². The van der Waals surface area contributed by atoms with Gasteiger partial charge in [0.25, 0.3) is 0 Å². The molecule has 0 unspecified atom stereocenters. The molecule has 0 saturated carbocycles. The highest BCUT2D eigenvalue weighted by molar-refractivity contribution is 6.35. The molecule has 2 atom stereocenters. The van der Waals surface area contributed by atoms with Gasteiger partial charge in [-0.1, -0.05) is 28.4 Å². The third-order valence-electron chi connectivity index (χ3n) is 4.31. The second-order valence-electron chi connectivity index (χ2n) is 6.24. The van der Waals surface area contributed by atoms with Crippen molar-refractivity contribution in [3.05, 3.63) is 45.3 Å². The molecule has 0 aliphatic carbocycles. The van der Waals surface area contributed by atoms with E-state index >= 15 is 0 Å². The molecule has 2 heterocycles. The largest absolute Gasteiger partial charge is 0.495 e. The number of hydrogen-bond acceptors (Lipinski definition) is 5. The fourth-order valence-corrected chi connectivity index (χ4v) is 3.86. The lowest BCUT2D eigenvalue weighted by molar-refractivity contribution is 0.137. The van der Waals surface area contributed by atoms with Crippen LogP contribution >= 0.6 is 23.2 Å². The first-order valence-corrected chi connectivity index (χ1v) is 8.56. The van der Waals surface area contributed by atoms with Crippen LogP contribution in [0.2, 0.25) is 10.0 Å². The summed E-state index contributed by atoms with van der Waals surface area (Å²) in [5.74, 6) is 1.55. The van der Waals surface area contributed by atoms with Crippen LogP contribution in [0.5, 0.6) is 5.75 Å². The minimum absolute atomic E-state index is 0.109. The van der Waals surface area contributed by atoms with E-state index in [9.17, 15) is 5.11 Å². The molecule has 5 nitrogen and oxygen atoms in total. The number of hydrogen-bond donors (Lipinski definition) is 1. The van der Waals surface area contributed by atoms with Gasteiger partial charge in [0.1, 0.15) is 11.5 Å². The Kier molecular flexibility index (Phi) is 5.35. The van der Waals surface area contributed by atoms with E-state index in [1.54, 1.807) is 13.2 Å². The highest BCUT2D eigenvalue weighted by Gasteiger charge is 2.32. The molecule has 1 aliphatic rings. The van der Waals surface area contributed by atoms with Gasteiger partial charge in [-0.05, 0) is 19.1 Å². The van der Waals surface area contributed by atoms with Crippen molar-refractivity contribution < 1.29 is 14.4 Å². The van der Waals surface area contributed by atoms with Crippen molar-refractivity contribution in [1.29, 1.82) is 0 Å². The van der Waals surface area contributed by atoms with Gasteiger partial charge in [-0.25, -0.2) is 0 Å². The van der Waals surface area contributed by atoms with Crippen molar-refractivity contribution in [1.82, 2.24) is 10.1 Å². The Morgan fingerprint density at radius 1 is 1.33 bits per heavy atom. The van der Waals surface area contributed by atoms with Crippen LogP contribution in [0.15, 0.2) is 22.7 Å². The molecule has 0 amide bonds. The highest BCUT2D eigenvalue weighted by atomic mass is 35.5. The predicted octanol–water partition coefficient (Wildman–Crippen LogP) is 3.33. The maximum atomic E-state index is 10.4. The van der Waals surface area contributed by atoms with Crippen LogP contribution in [-0.2, 0) is 13.0 Å². The molecule has 130 valence electrons. The summed E-state index contributed by atoms with van der Waals surface area (Å²) < 4.78 is 10.7. The molecule has 1 aromatic heterocycles. The Balaban J connectivity index is 1.69. The van der Waals surface area contributed by atoms with Crippen molar-refractivity contribution in [3.8, 4) is 5.75 Å². The summed E-state index contributed by atoms with van der Waals surface area (Å²) in [6.45, 7) is 3.85. The molecule has 0 spiro atoms. The summed E-state index contributed by atoms with van der Waals surface area (Å²) >= 11 is 12.3. The van der Waals surface area contributed by atoms with Gasteiger partial charge >= 0.3 is 0 Å². The SMILES string of the molecule is COc1c(Cl)cc(Cl)cc1CN1C[C@@H](Cc2cc(C)no2)[C@H](O)C1. The van der Waals surface area contributed by atoms with E-state index in [4.69, 9.17) is 32.5 Å². The smallest absolute Gasteiger partial charge is 0.142 e. The fraction of sp³-hybridized carbons (Fsp3) is 0.471. The minimum atomic E-state index is -0.406. The standard InChI is InChI=1S/C17H20Cl2N2O3/c1-10-3-14(24-20-10)5-11-7-21(9-16(11)22)8-12-4-13(18)6-15(19)17(12)23-2/h3-4,6,11,16,22H,5,7-9H2,1-2H3/t11-,16-/m1/s1. The van der Waals surface area contributed by atoms with Crippen molar-refractivity contribution in [2.24, 2.45) is 5.92 Å². The lowest BCUT2D eigenvalue weighted by Crippen LogP contribution is -2.21. The lowest BCUT2D eigenvalue weighted by atomic mass is 10.0. The Morgan fingerprint density at radius 3 is 2.79 bits per heavy atom. The number of halogens is 2. The van der Waals surface area contributed by atoms with Crippen molar-refractivity contribution in [2.75, 3.05) is 20.2 Å². The highest BCUT2D eigenvalue weighted by Crippen LogP contribution is 2.34. The summed E-state index contributed by atoms with van der Waals surface area (Å²) in [4.78, 5) is 2.17. The van der Waals surface area contributed by atoms with Gasteiger partial charge in [-0.3, -0.25) is 4.90 Å². The average Bonchev–Trinajstić information content (AvgIpc) is 3.05. The zero-order chi connectivity index (χ0) is 17.3. The number of nitrogens with zero attached hydrogens (tertiary/aromatic N) is 2. The second kappa shape index (κ2) is 7.31. The molecular weight excluding hydrogens is 351 g/mol. The maximum Gasteiger partial charge on any atom is 0.142 e. The van der Waals surface area contributed by atoms with Crippen LogP contribution in [-0.4, -0.2) is 41.5 Å². The van der Waals surface area contributed by atoms with E-state index in [1.807, 2.05) is 19.1 Å². The summed E-state index contributed by atoms with van der Waals surface area (Å²) in [5.41, 5.74) is 1.77. The average molecular weight is 371 g/mol. The normalized spacial score (nSPS) is 21.4. The van der Waals surface area contributed by atoms with Gasteiger partial charge in [0, 0.05) is 48.6 Å². The van der Waals surface area contributed by atoms with Crippen molar-refractivity contribution in [3.63, 3.8) is 0 Å². The first-order chi connectivity index (χ1) is 11.5. The van der Waals surface area contributed by atoms with Gasteiger partial charge in [0.2, 0.25) is 0 Å². The quantitative estimate of drug-likeness (QED) is 0.874. The molecule has 1 fully saturated rings. The maximum absolute atomic E-state index is 10.4. The molecular formula is C17H20Cl2N2O3. The van der Waals surface area contributed by atoms with E-state index in [1.165, 1.54) is 0 Å². The molecule has 1 N–H and O–H groups in total. The van der Waals surface area contributed by atoms with Gasteiger partial charge in [-0.15, -0.1) is 0 Å². The number of aryl methyl sites for hydroxylation is 1. The number of benzene rings is 1. The van der Waals surface area contributed by atoms with Crippen molar-refractivity contribution >= 4 is 23.2 Å². The molecule has 0 radical (unpaired) electrons. The monoisotopic (exact) mass is 370 g/mol. The van der Waals surface area contributed by atoms with E-state index in [0.717, 1.165) is 23.6 Å². The Hall–Kier alpha value is -1.27. The van der Waals surface area contributed by atoms with E-state index in [-0.39, 0.29) is 5.92 Å². The first kappa shape index (κ1) is 17.5. The summed E-state index contributed by atoms with van der Waals surface area (Å²) in [7, 11) is 1.59. The van der Waals surface area contributed by atoms with Gasteiger partial charge in [-0.2, -0.15) is 0 Å². The summed E-state index contributed by atoms with van der Waals surface area (Å²) in [5, 5.41) is 15.3. The van der Waals surface area contributed by atoms with Gasteiger partial charge in [0.05, 0.1) is 23.9 Å². The second-order valence-corrected chi connectivity index (χ2v) is 7.08. The number of likely N-dealkylation sites (tertiary alicyclic amines) is 1. The Bertz CT molecular complexity index is 720. The van der Waals surface area contributed by atoms with Crippen LogP contribution in [0.4, 0.5) is 0 Å². The molecule has 0 bridgehead atoms. The number of ether oxygens (including phenoxy) is 1. The fourth-order valence-electron chi connectivity index (χ4n) is 3.24. The van der Waals surface area contributed by atoms with Gasteiger partial charge in [0.15, 0.2) is 0 Å². The molecule has 1 aromatic carbocycles. The Labute approximate surface area is 151 Å². The number of aliphatic hydroxyl groups excluding tert-OH is 1. The lowest BCUT2D eigenvalue weighted by Gasteiger charge is -2.18. The topological polar surface area (TPSA) is 58.7 Å². The number of aliphatic hydroxyl groups is 1. The van der Waals surface area contributed by atoms with Crippen LogP contribution in [0, 0.1) is 12.8 Å². The number of β-amino-alcohol motifs (C(OH)–C–C–N with tert-alkyl or cyclic N) is 1. The number of methoxy groups -OCH3 is 1. The van der Waals surface area contributed by atoms with Crippen molar-refractivity contribution in [2.45, 2.75) is 26.0 Å². The number of aromatic nitrogens is 1. The minimum Gasteiger partial charge on any atom is -0.495 e. The number of rotatable bonds is 5. The molecule has 3 rings (SSSR count). The molecule has 1 aliphatic heterocycles. The third-order valence-corrected chi connectivity index (χ3v) is 4.80. The van der Waals surface area contributed by atoms with Gasteiger partial charge < -0.3 is 14.4 Å². The first-order valence-electron chi connectivity index (χ1n) is 7.80. The molecule has 24 heavy (non-hydrogen) atoms. The zero-order valence-electron chi connectivity index (χ0n) is 13.6. The van der Waals surface area contributed by atoms with Crippen LogP contribution in [0.3, 0.4) is 0 Å². The van der Waals surface area contributed by atoms with Crippen LogP contribution in [0.1, 0.15) is 17.0 Å². The third kappa shape index (κ3) is 3.86.